The van der Waals surface area contributed by atoms with Crippen molar-refractivity contribution in [3.8, 4) is 0 Å². The van der Waals surface area contributed by atoms with Crippen LogP contribution in [-0.2, 0) is 4.79 Å². The zero-order valence-corrected chi connectivity index (χ0v) is 48.0. The molecule has 4 nitrogen and oxygen atoms in total. The lowest BCUT2D eigenvalue weighted by atomic mass is 10.0. The van der Waals surface area contributed by atoms with Gasteiger partial charge in [0.15, 0.2) is 0 Å². The van der Waals surface area contributed by atoms with E-state index in [-0.39, 0.29) is 12.5 Å². The van der Waals surface area contributed by atoms with Crippen LogP contribution in [0.3, 0.4) is 0 Å². The van der Waals surface area contributed by atoms with Gasteiger partial charge in [-0.2, -0.15) is 0 Å². The van der Waals surface area contributed by atoms with Crippen molar-refractivity contribution in [2.75, 3.05) is 6.61 Å². The van der Waals surface area contributed by atoms with Crippen molar-refractivity contribution in [3.63, 3.8) is 0 Å². The van der Waals surface area contributed by atoms with Gasteiger partial charge in [0.05, 0.1) is 18.8 Å². The third-order valence-electron chi connectivity index (χ3n) is 14.8. The Morgan fingerprint density at radius 2 is 0.620 bits per heavy atom. The monoisotopic (exact) mass is 992 g/mol. The Labute approximate surface area is 445 Å². The van der Waals surface area contributed by atoms with Crippen LogP contribution in [0.4, 0.5) is 0 Å². The molecule has 0 saturated carbocycles. The van der Waals surface area contributed by atoms with Crippen LogP contribution in [-0.4, -0.2) is 34.9 Å². The summed E-state index contributed by atoms with van der Waals surface area (Å²) in [5, 5.41) is 23.4. The zero-order chi connectivity index (χ0) is 51.3. The molecule has 0 fully saturated rings. The maximum Gasteiger partial charge on any atom is 0.220 e. The van der Waals surface area contributed by atoms with Crippen molar-refractivity contribution >= 4 is 5.91 Å². The topological polar surface area (TPSA) is 69.6 Å². The van der Waals surface area contributed by atoms with Gasteiger partial charge in [-0.15, -0.1) is 0 Å². The maximum atomic E-state index is 12.5. The summed E-state index contributed by atoms with van der Waals surface area (Å²) >= 11 is 0. The van der Waals surface area contributed by atoms with E-state index < -0.39 is 12.1 Å². The van der Waals surface area contributed by atoms with Crippen molar-refractivity contribution in [2.24, 2.45) is 0 Å². The van der Waals surface area contributed by atoms with Gasteiger partial charge in [0, 0.05) is 6.42 Å². The number of carbonyl (C=O) groups is 1. The molecule has 71 heavy (non-hydrogen) atoms. The maximum absolute atomic E-state index is 12.5. The summed E-state index contributed by atoms with van der Waals surface area (Å²) in [6.45, 7) is 4.28. The Balaban J connectivity index is 3.44. The predicted octanol–water partition coefficient (Wildman–Crippen LogP) is 21.5. The molecule has 0 aliphatic rings. The quantitative estimate of drug-likeness (QED) is 0.0420. The summed E-state index contributed by atoms with van der Waals surface area (Å²) in [4.78, 5) is 12.5. The van der Waals surface area contributed by atoms with Crippen LogP contribution in [0.2, 0.25) is 0 Å². The smallest absolute Gasteiger partial charge is 0.220 e. The average Bonchev–Trinajstić information content (AvgIpc) is 3.37. The van der Waals surface area contributed by atoms with Gasteiger partial charge >= 0.3 is 0 Å². The molecule has 3 N–H and O–H groups in total. The average molecular weight is 993 g/mol. The molecule has 0 heterocycles. The molecule has 0 aromatic heterocycles. The lowest BCUT2D eigenvalue weighted by Gasteiger charge is -2.22. The van der Waals surface area contributed by atoms with Crippen molar-refractivity contribution in [1.82, 2.24) is 5.32 Å². The molecule has 2 atom stereocenters. The van der Waals surface area contributed by atoms with Crippen molar-refractivity contribution in [2.45, 2.75) is 353 Å². The number of aliphatic hydroxyl groups is 2. The van der Waals surface area contributed by atoms with E-state index in [4.69, 9.17) is 0 Å². The lowest BCUT2D eigenvalue weighted by molar-refractivity contribution is -0.123. The van der Waals surface area contributed by atoms with Crippen LogP contribution < -0.4 is 5.32 Å². The Morgan fingerprint density at radius 1 is 0.352 bits per heavy atom. The summed E-state index contributed by atoms with van der Waals surface area (Å²) in [7, 11) is 0. The van der Waals surface area contributed by atoms with Crippen molar-refractivity contribution < 1.29 is 15.0 Å². The molecule has 0 rings (SSSR count). The number of unbranched alkanes of at least 4 members (excludes halogenated alkanes) is 42. The predicted molar refractivity (Wildman–Crippen MR) is 318 cm³/mol. The summed E-state index contributed by atoms with van der Waals surface area (Å²) in [6.07, 6.45) is 88.2. The number of hydrogen-bond acceptors (Lipinski definition) is 3. The molecule has 0 aliphatic carbocycles. The van der Waals surface area contributed by atoms with E-state index in [0.717, 1.165) is 57.8 Å². The Bertz CT molecular complexity index is 1170. The molecule has 0 aromatic carbocycles. The molecular weight excluding hydrogens is 867 g/mol. The first kappa shape index (κ1) is 69.1. The zero-order valence-electron chi connectivity index (χ0n) is 48.0. The number of amides is 1. The van der Waals surface area contributed by atoms with E-state index in [0.29, 0.717) is 12.8 Å². The summed E-state index contributed by atoms with van der Waals surface area (Å²) in [5.74, 6) is -0.0296. The number of carbonyl (C=O) groups excluding carboxylic acids is 1. The van der Waals surface area contributed by atoms with Gasteiger partial charge in [0.2, 0.25) is 5.91 Å². The second-order valence-electron chi connectivity index (χ2n) is 21.8. The molecule has 0 bridgehead atoms. The number of hydrogen-bond donors (Lipinski definition) is 3. The molecule has 4 heteroatoms. The van der Waals surface area contributed by atoms with Gasteiger partial charge in [-0.1, -0.05) is 338 Å². The molecule has 0 radical (unpaired) electrons. The number of nitrogens with one attached hydrogen (secondary N) is 1. The van der Waals surface area contributed by atoms with Gasteiger partial charge in [-0.3, -0.25) is 4.79 Å². The molecule has 1 amide bonds. The highest BCUT2D eigenvalue weighted by Crippen LogP contribution is 2.18. The normalized spacial score (nSPS) is 13.1. The standard InChI is InChI=1S/C67H125NO3/c1-3-5-7-9-11-13-15-17-19-21-23-25-27-29-31-33-35-36-38-40-42-44-46-48-50-52-54-56-58-60-62-66(70)65(64-69)68-67(71)63-61-59-57-55-53-51-49-47-45-43-41-39-37-34-32-30-28-26-24-22-20-18-16-14-12-10-8-6-4-2/h6,8,12,14,18,20,24,26,30,32,65-66,69-70H,3-5,7,9-11,13,15-17,19,21-23,25,27-29,31,33-64H2,1-2H3,(H,68,71)/b8-6-,14-12-,20-18-,26-24-,32-30-. The number of aliphatic hydroxyl groups excluding tert-OH is 2. The molecule has 416 valence electrons. The van der Waals surface area contributed by atoms with E-state index in [1.54, 1.807) is 0 Å². The second kappa shape index (κ2) is 62.4. The lowest BCUT2D eigenvalue weighted by Crippen LogP contribution is -2.45. The third-order valence-corrected chi connectivity index (χ3v) is 14.8. The molecule has 0 aliphatic heterocycles. The van der Waals surface area contributed by atoms with Gasteiger partial charge in [0.1, 0.15) is 0 Å². The first-order valence-electron chi connectivity index (χ1n) is 32.0. The number of allylic oxidation sites excluding steroid dienone is 10. The highest BCUT2D eigenvalue weighted by molar-refractivity contribution is 5.76. The minimum atomic E-state index is -0.664. The first-order chi connectivity index (χ1) is 35.2. The van der Waals surface area contributed by atoms with Crippen LogP contribution in [0.25, 0.3) is 0 Å². The van der Waals surface area contributed by atoms with Crippen LogP contribution >= 0.6 is 0 Å². The highest BCUT2D eigenvalue weighted by Gasteiger charge is 2.20. The number of rotatable bonds is 59. The highest BCUT2D eigenvalue weighted by atomic mass is 16.3. The van der Waals surface area contributed by atoms with Crippen molar-refractivity contribution in [3.05, 3.63) is 60.8 Å². The minimum absolute atomic E-state index is 0.0296. The Kier molecular flexibility index (Phi) is 60.7. The Hall–Kier alpha value is -1.91. The second-order valence-corrected chi connectivity index (χ2v) is 21.8. The fourth-order valence-electron chi connectivity index (χ4n) is 9.98. The van der Waals surface area contributed by atoms with Crippen LogP contribution in [0.5, 0.6) is 0 Å². The first-order valence-corrected chi connectivity index (χ1v) is 32.0. The molecule has 0 saturated heterocycles. The van der Waals surface area contributed by atoms with Gasteiger partial charge < -0.3 is 15.5 Å². The van der Waals surface area contributed by atoms with E-state index in [2.05, 4.69) is 79.9 Å². The van der Waals surface area contributed by atoms with Gasteiger partial charge in [-0.05, 0) is 57.8 Å². The van der Waals surface area contributed by atoms with Gasteiger partial charge in [-0.25, -0.2) is 0 Å². The fourth-order valence-corrected chi connectivity index (χ4v) is 9.98. The summed E-state index contributed by atoms with van der Waals surface area (Å²) in [5.41, 5.74) is 0. The van der Waals surface area contributed by atoms with Crippen LogP contribution in [0.15, 0.2) is 60.8 Å². The molecule has 0 aromatic rings. The molecular formula is C67H125NO3. The van der Waals surface area contributed by atoms with Crippen molar-refractivity contribution in [1.29, 1.82) is 0 Å². The minimum Gasteiger partial charge on any atom is -0.394 e. The van der Waals surface area contributed by atoms with E-state index >= 15 is 0 Å². The summed E-state index contributed by atoms with van der Waals surface area (Å²) in [6, 6.07) is -0.541. The largest absolute Gasteiger partial charge is 0.394 e. The van der Waals surface area contributed by atoms with Crippen LogP contribution in [0.1, 0.15) is 341 Å². The van der Waals surface area contributed by atoms with Gasteiger partial charge in [0.25, 0.3) is 0 Å². The van der Waals surface area contributed by atoms with E-state index in [9.17, 15) is 15.0 Å². The summed E-state index contributed by atoms with van der Waals surface area (Å²) < 4.78 is 0. The Morgan fingerprint density at radius 3 is 0.930 bits per heavy atom. The van der Waals surface area contributed by atoms with E-state index in [1.165, 1.54) is 257 Å². The van der Waals surface area contributed by atoms with E-state index in [1.807, 2.05) is 0 Å². The fraction of sp³-hybridized carbons (Fsp3) is 0.836. The van der Waals surface area contributed by atoms with Crippen LogP contribution in [0, 0.1) is 0 Å². The SMILES string of the molecule is CC/C=C\C/C=C\C/C=C\C/C=C\C/C=C\CCCCCCCCCCCCCCCC(=O)NC(CO)C(O)CCCCCCCCCCCCCCCCCCCCCCCCCCCCCCCC. The molecule has 0 spiro atoms. The third kappa shape index (κ3) is 58.8. The molecule has 2 unspecified atom stereocenters.